The normalized spacial score (nSPS) is 17.6. The summed E-state index contributed by atoms with van der Waals surface area (Å²) < 4.78 is 0. The van der Waals surface area contributed by atoms with Gasteiger partial charge in [0.15, 0.2) is 0 Å². The third-order valence-corrected chi connectivity index (χ3v) is 4.49. The molecule has 1 saturated carbocycles. The van der Waals surface area contributed by atoms with Crippen molar-refractivity contribution in [3.63, 3.8) is 0 Å². The van der Waals surface area contributed by atoms with Crippen LogP contribution in [0.1, 0.15) is 37.7 Å². The van der Waals surface area contributed by atoms with Crippen molar-refractivity contribution in [1.29, 1.82) is 0 Å². The largest absolute Gasteiger partial charge is 0.327 e. The number of benzene rings is 2. The Morgan fingerprint density at radius 2 is 1.75 bits per heavy atom. The molecule has 2 aromatic carbocycles. The number of nitrogens with two attached hydrogens (primary N) is 1. The van der Waals surface area contributed by atoms with Crippen molar-refractivity contribution in [3.8, 4) is 0 Å². The van der Waals surface area contributed by atoms with E-state index in [1.54, 1.807) is 0 Å². The number of fused-ring (bicyclic) bond motifs is 1. The van der Waals surface area contributed by atoms with Gasteiger partial charge in [-0.05, 0) is 41.2 Å². The highest BCUT2D eigenvalue weighted by Gasteiger charge is 2.16. The van der Waals surface area contributed by atoms with E-state index in [0.717, 1.165) is 0 Å². The third-order valence-electron chi connectivity index (χ3n) is 4.49. The zero-order valence-electron chi connectivity index (χ0n) is 12.0. The van der Waals surface area contributed by atoms with E-state index in [9.17, 15) is 0 Å². The highest BCUT2D eigenvalue weighted by Crippen LogP contribution is 2.30. The Labute approximate surface area is 121 Å². The first-order valence-electron chi connectivity index (χ1n) is 7.76. The van der Waals surface area contributed by atoms with E-state index >= 15 is 0 Å². The van der Waals surface area contributed by atoms with Gasteiger partial charge in [-0.2, -0.15) is 0 Å². The summed E-state index contributed by atoms with van der Waals surface area (Å²) in [5.74, 6) is 0.709. The molecule has 3 rings (SSSR count). The molecule has 0 aliphatic heterocycles. The molecule has 1 fully saturated rings. The molecule has 0 bridgehead atoms. The van der Waals surface area contributed by atoms with Gasteiger partial charge in [0.2, 0.25) is 0 Å². The Balaban J connectivity index is 1.90. The van der Waals surface area contributed by atoms with Gasteiger partial charge in [0.25, 0.3) is 0 Å². The van der Waals surface area contributed by atoms with Crippen molar-refractivity contribution >= 4 is 16.8 Å². The van der Waals surface area contributed by atoms with Gasteiger partial charge in [0.05, 0.1) is 0 Å². The molecule has 104 valence electrons. The number of rotatable bonds is 3. The summed E-state index contributed by atoms with van der Waals surface area (Å²) in [6.45, 7) is 0.692. The van der Waals surface area contributed by atoms with E-state index in [1.165, 1.54) is 54.0 Å². The van der Waals surface area contributed by atoms with Crippen molar-refractivity contribution < 1.29 is 0 Å². The first kappa shape index (κ1) is 13.4. The van der Waals surface area contributed by atoms with Gasteiger partial charge in [-0.15, -0.1) is 0 Å². The second kappa shape index (κ2) is 6.23. The lowest BCUT2D eigenvalue weighted by molar-refractivity contribution is 0.401. The lowest BCUT2D eigenvalue weighted by Gasteiger charge is -2.24. The Morgan fingerprint density at radius 3 is 2.50 bits per heavy atom. The summed E-state index contributed by atoms with van der Waals surface area (Å²) in [6.07, 6.45) is 9.07. The molecule has 0 aromatic heterocycles. The summed E-state index contributed by atoms with van der Waals surface area (Å²) in [7, 11) is 0. The molecular weight excluding hydrogens is 242 g/mol. The summed E-state index contributed by atoms with van der Waals surface area (Å²) in [4.78, 5) is 0. The summed E-state index contributed by atoms with van der Waals surface area (Å²) in [5, 5.41) is 2.61. The molecule has 0 radical (unpaired) electrons. The van der Waals surface area contributed by atoms with Crippen molar-refractivity contribution in [3.05, 3.63) is 53.6 Å². The third kappa shape index (κ3) is 2.94. The quantitative estimate of drug-likeness (QED) is 0.850. The fourth-order valence-electron chi connectivity index (χ4n) is 3.33. The Kier molecular flexibility index (Phi) is 4.17. The van der Waals surface area contributed by atoms with E-state index in [2.05, 4.69) is 48.5 Å². The minimum Gasteiger partial charge on any atom is -0.327 e. The number of hydrogen-bond acceptors (Lipinski definition) is 1. The molecule has 2 N–H and O–H groups in total. The summed E-state index contributed by atoms with van der Waals surface area (Å²) >= 11 is 0. The van der Waals surface area contributed by atoms with Crippen LogP contribution in [0.2, 0.25) is 0 Å². The summed E-state index contributed by atoms with van der Waals surface area (Å²) in [5.41, 5.74) is 8.71. The zero-order chi connectivity index (χ0) is 13.8. The smallest absolute Gasteiger partial charge is 0.0142 e. The zero-order valence-corrected chi connectivity index (χ0v) is 12.0. The predicted octanol–water partition coefficient (Wildman–Crippen LogP) is 4.76. The van der Waals surface area contributed by atoms with Crippen LogP contribution >= 0.6 is 0 Å². The number of hydrogen-bond donors (Lipinski definition) is 1. The Bertz CT molecular complexity index is 606. The van der Waals surface area contributed by atoms with Crippen molar-refractivity contribution in [1.82, 2.24) is 0 Å². The molecule has 2 aromatic rings. The molecule has 1 nitrogen and oxygen atoms in total. The molecular formula is C19H23N. The van der Waals surface area contributed by atoms with Crippen LogP contribution in [-0.4, -0.2) is 6.54 Å². The SMILES string of the molecule is NC/C(=C/c1ccc2ccccc2c1)C1CCCCC1. The van der Waals surface area contributed by atoms with E-state index < -0.39 is 0 Å². The fourth-order valence-corrected chi connectivity index (χ4v) is 3.33. The van der Waals surface area contributed by atoms with Crippen LogP contribution < -0.4 is 5.73 Å². The Morgan fingerprint density at radius 1 is 1.00 bits per heavy atom. The average molecular weight is 265 g/mol. The molecule has 0 atom stereocenters. The van der Waals surface area contributed by atoms with Gasteiger partial charge in [-0.1, -0.05) is 67.3 Å². The van der Waals surface area contributed by atoms with Crippen LogP contribution in [0.5, 0.6) is 0 Å². The van der Waals surface area contributed by atoms with Gasteiger partial charge in [0.1, 0.15) is 0 Å². The van der Waals surface area contributed by atoms with E-state index in [0.29, 0.717) is 12.5 Å². The Hall–Kier alpha value is -1.60. The highest BCUT2D eigenvalue weighted by atomic mass is 14.5. The lowest BCUT2D eigenvalue weighted by Crippen LogP contribution is -2.16. The van der Waals surface area contributed by atoms with Crippen LogP contribution in [0.4, 0.5) is 0 Å². The minimum atomic E-state index is 0.692. The van der Waals surface area contributed by atoms with Crippen LogP contribution in [0.15, 0.2) is 48.0 Å². The summed E-state index contributed by atoms with van der Waals surface area (Å²) in [6, 6.07) is 15.2. The molecule has 0 amide bonds. The van der Waals surface area contributed by atoms with Gasteiger partial charge in [-0.25, -0.2) is 0 Å². The maximum Gasteiger partial charge on any atom is 0.0142 e. The first-order chi connectivity index (χ1) is 9.86. The fraction of sp³-hybridized carbons (Fsp3) is 0.368. The van der Waals surface area contributed by atoms with Crippen molar-refractivity contribution in [2.24, 2.45) is 11.7 Å². The van der Waals surface area contributed by atoms with Crippen molar-refractivity contribution in [2.45, 2.75) is 32.1 Å². The van der Waals surface area contributed by atoms with Crippen LogP contribution in [0.25, 0.3) is 16.8 Å². The topological polar surface area (TPSA) is 26.0 Å². The molecule has 0 heterocycles. The minimum absolute atomic E-state index is 0.692. The standard InChI is InChI=1S/C19H23N/c20-14-19(16-6-2-1-3-7-16)13-15-10-11-17-8-4-5-9-18(17)12-15/h4-5,8-13,16H,1-3,6-7,14,20H2/b19-13-. The molecule has 0 unspecified atom stereocenters. The second-order valence-electron chi connectivity index (χ2n) is 5.86. The average Bonchev–Trinajstić information content (AvgIpc) is 2.53. The van der Waals surface area contributed by atoms with Gasteiger partial charge in [0, 0.05) is 6.54 Å². The van der Waals surface area contributed by atoms with E-state index in [1.807, 2.05) is 0 Å². The van der Waals surface area contributed by atoms with Gasteiger partial charge < -0.3 is 5.73 Å². The van der Waals surface area contributed by atoms with Crippen molar-refractivity contribution in [2.75, 3.05) is 6.54 Å². The molecule has 1 heteroatoms. The van der Waals surface area contributed by atoms with E-state index in [-0.39, 0.29) is 0 Å². The maximum absolute atomic E-state index is 6.00. The van der Waals surface area contributed by atoms with E-state index in [4.69, 9.17) is 5.73 Å². The maximum atomic E-state index is 6.00. The van der Waals surface area contributed by atoms with Gasteiger partial charge >= 0.3 is 0 Å². The van der Waals surface area contributed by atoms with Crippen LogP contribution in [0.3, 0.4) is 0 Å². The predicted molar refractivity (Wildman–Crippen MR) is 87.6 cm³/mol. The van der Waals surface area contributed by atoms with Crippen LogP contribution in [-0.2, 0) is 0 Å². The molecule has 0 spiro atoms. The highest BCUT2D eigenvalue weighted by molar-refractivity contribution is 5.84. The monoisotopic (exact) mass is 265 g/mol. The molecule has 0 saturated heterocycles. The lowest BCUT2D eigenvalue weighted by atomic mass is 9.83. The van der Waals surface area contributed by atoms with Crippen LogP contribution in [0, 0.1) is 5.92 Å². The molecule has 1 aliphatic carbocycles. The van der Waals surface area contributed by atoms with Gasteiger partial charge in [-0.3, -0.25) is 0 Å². The molecule has 20 heavy (non-hydrogen) atoms. The molecule has 1 aliphatic rings. The second-order valence-corrected chi connectivity index (χ2v) is 5.86. The first-order valence-corrected chi connectivity index (χ1v) is 7.76.